The second kappa shape index (κ2) is 8.10. The Bertz CT molecular complexity index is 1050. The lowest BCUT2D eigenvalue weighted by molar-refractivity contribution is -0.0882. The Morgan fingerprint density at radius 3 is 2.45 bits per heavy atom. The van der Waals surface area contributed by atoms with Crippen molar-refractivity contribution < 1.29 is 32.0 Å². The van der Waals surface area contributed by atoms with Crippen molar-refractivity contribution in [3.63, 3.8) is 0 Å². The lowest BCUT2D eigenvalue weighted by atomic mass is 10.2. The van der Waals surface area contributed by atoms with Crippen molar-refractivity contribution in [2.24, 2.45) is 10.7 Å². The van der Waals surface area contributed by atoms with Crippen LogP contribution in [0.15, 0.2) is 52.2 Å². The largest absolute Gasteiger partial charge is 0.455 e. The fraction of sp³-hybridized carbons (Fsp3) is 0.0625. The summed E-state index contributed by atoms with van der Waals surface area (Å²) >= 11 is 0.347. The second-order valence-corrected chi connectivity index (χ2v) is 6.35. The normalized spacial score (nSPS) is 11.9. The molecule has 1 aromatic carbocycles. The van der Waals surface area contributed by atoms with Gasteiger partial charge in [0.05, 0.1) is 10.6 Å². The quantitative estimate of drug-likeness (QED) is 0.282. The highest BCUT2D eigenvalue weighted by Gasteiger charge is 2.40. The van der Waals surface area contributed by atoms with Crippen molar-refractivity contribution in [2.75, 3.05) is 0 Å². The van der Waals surface area contributed by atoms with Crippen LogP contribution < -0.4 is 11.2 Å². The maximum atomic E-state index is 12.4. The van der Waals surface area contributed by atoms with Crippen molar-refractivity contribution in [3.8, 4) is 11.5 Å². The molecule has 0 aliphatic carbocycles. The van der Waals surface area contributed by atoms with E-state index in [1.54, 1.807) is 24.3 Å². The predicted molar refractivity (Wildman–Crippen MR) is 94.3 cm³/mol. The number of aromatic nitrogens is 2. The Hall–Kier alpha value is -3.74. The van der Waals surface area contributed by atoms with Gasteiger partial charge in [0, 0.05) is 5.56 Å². The van der Waals surface area contributed by atoms with Crippen molar-refractivity contribution in [1.29, 1.82) is 0 Å². The maximum absolute atomic E-state index is 12.4. The van der Waals surface area contributed by atoms with Gasteiger partial charge < -0.3 is 15.0 Å². The number of guanidine groups is 1. The Labute approximate surface area is 164 Å². The molecule has 0 aliphatic heterocycles. The van der Waals surface area contributed by atoms with Crippen LogP contribution in [0.3, 0.4) is 0 Å². The lowest BCUT2D eigenvalue weighted by Crippen LogP contribution is -2.33. The highest BCUT2D eigenvalue weighted by Crippen LogP contribution is 2.26. The summed E-state index contributed by atoms with van der Waals surface area (Å²) in [6.45, 7) is 0. The van der Waals surface area contributed by atoms with E-state index >= 15 is 0 Å². The van der Waals surface area contributed by atoms with E-state index < -0.39 is 22.8 Å². The second-order valence-electron chi connectivity index (χ2n) is 5.27. The smallest absolute Gasteiger partial charge is 0.423 e. The van der Waals surface area contributed by atoms with E-state index in [0.29, 0.717) is 28.5 Å². The van der Waals surface area contributed by atoms with E-state index in [0.717, 1.165) is 12.1 Å². The van der Waals surface area contributed by atoms with E-state index in [1.165, 1.54) is 6.39 Å². The third-order valence-corrected chi connectivity index (χ3v) is 4.32. The first-order valence-electron chi connectivity index (χ1n) is 7.63. The Balaban J connectivity index is 1.59. The highest BCUT2D eigenvalue weighted by molar-refractivity contribution is 7.16. The molecular formula is C16H10F3N5O4S. The molecular weight excluding hydrogens is 415 g/mol. The first kappa shape index (κ1) is 20.0. The number of halogens is 3. The van der Waals surface area contributed by atoms with E-state index in [-0.39, 0.29) is 10.8 Å². The average molecular weight is 425 g/mol. The van der Waals surface area contributed by atoms with Crippen LogP contribution in [0.4, 0.5) is 18.9 Å². The van der Waals surface area contributed by atoms with Gasteiger partial charge in [-0.15, -0.1) is 21.5 Å². The minimum absolute atomic E-state index is 0.221. The van der Waals surface area contributed by atoms with Gasteiger partial charge >= 0.3 is 12.1 Å². The topological polar surface area (TPSA) is 133 Å². The molecule has 0 atom stereocenters. The molecule has 0 unspecified atom stereocenters. The molecule has 29 heavy (non-hydrogen) atoms. The summed E-state index contributed by atoms with van der Waals surface area (Å²) in [5.41, 5.74) is 8.73. The number of Topliss-reactive ketones (excluding diaryl/α,β-unsaturated/α-hetero) is 1. The van der Waals surface area contributed by atoms with Gasteiger partial charge in [-0.2, -0.15) is 18.7 Å². The average Bonchev–Trinajstić information content (AvgIpc) is 3.37. The van der Waals surface area contributed by atoms with Crippen molar-refractivity contribution in [1.82, 2.24) is 15.7 Å². The minimum atomic E-state index is -5.03. The number of nitrogens with one attached hydrogen (secondary N) is 1. The third-order valence-electron chi connectivity index (χ3n) is 3.26. The number of ketones is 1. The Kier molecular flexibility index (Phi) is 5.59. The van der Waals surface area contributed by atoms with Crippen LogP contribution in [0.5, 0.6) is 0 Å². The molecule has 2 aromatic heterocycles. The van der Waals surface area contributed by atoms with Gasteiger partial charge in [0.1, 0.15) is 4.88 Å². The van der Waals surface area contributed by atoms with Crippen LogP contribution >= 0.6 is 11.3 Å². The molecule has 0 fully saturated rings. The number of aliphatic imine (C=N–C) groups is 1. The number of thiophene rings is 1. The number of carbonyl (C=O) groups excluding carboxylic acids is 2. The highest BCUT2D eigenvalue weighted by atomic mass is 32.1. The van der Waals surface area contributed by atoms with Crippen LogP contribution in [-0.2, 0) is 4.84 Å². The van der Waals surface area contributed by atoms with Gasteiger partial charge in [-0.1, -0.05) is 0 Å². The minimum Gasteiger partial charge on any atom is -0.423 e. The molecule has 13 heteroatoms. The van der Waals surface area contributed by atoms with Crippen molar-refractivity contribution >= 4 is 34.7 Å². The standard InChI is InChI=1S/C16H10F3N5O4S/c17-16(18,19)12(25)10-5-6-11(29-10)14(26)28-24-15(20)22-9-3-1-8(2-4-9)13-23-21-7-27-13/h1-7H,(H3,20,22,24). The molecule has 0 aliphatic rings. The van der Waals surface area contributed by atoms with Crippen LogP contribution in [0.1, 0.15) is 19.3 Å². The van der Waals surface area contributed by atoms with E-state index in [9.17, 15) is 22.8 Å². The van der Waals surface area contributed by atoms with Crippen molar-refractivity contribution in [3.05, 3.63) is 52.5 Å². The number of hydroxylamine groups is 1. The molecule has 0 amide bonds. The third kappa shape index (κ3) is 4.95. The van der Waals surface area contributed by atoms with Crippen molar-refractivity contribution in [2.45, 2.75) is 6.18 Å². The molecule has 3 N–H and O–H groups in total. The van der Waals surface area contributed by atoms with Gasteiger partial charge in [0.2, 0.25) is 18.2 Å². The lowest BCUT2D eigenvalue weighted by Gasteiger charge is -2.05. The van der Waals surface area contributed by atoms with E-state index in [1.807, 2.05) is 0 Å². The summed E-state index contributed by atoms with van der Waals surface area (Å²) in [5.74, 6) is -3.03. The van der Waals surface area contributed by atoms with Crippen LogP contribution in [-0.4, -0.2) is 34.1 Å². The van der Waals surface area contributed by atoms with E-state index in [2.05, 4.69) is 25.5 Å². The summed E-state index contributed by atoms with van der Waals surface area (Å²) in [5, 5.41) is 7.31. The number of hydrogen-bond acceptors (Lipinski definition) is 8. The van der Waals surface area contributed by atoms with Crippen LogP contribution in [0.2, 0.25) is 0 Å². The Morgan fingerprint density at radius 1 is 1.14 bits per heavy atom. The molecule has 0 bridgehead atoms. The molecule has 3 rings (SSSR count). The van der Waals surface area contributed by atoms with Gasteiger partial charge in [-0.05, 0) is 36.4 Å². The zero-order valence-electron chi connectivity index (χ0n) is 14.1. The molecule has 2 heterocycles. The number of nitrogens with zero attached hydrogens (tertiary/aromatic N) is 3. The zero-order chi connectivity index (χ0) is 21.0. The first-order chi connectivity index (χ1) is 13.7. The SMILES string of the molecule is NC(=Nc1ccc(-c2nnco2)cc1)NOC(=O)c1ccc(C(=O)C(F)(F)F)s1. The number of nitrogens with two attached hydrogens (primary N) is 1. The fourth-order valence-corrected chi connectivity index (χ4v) is 2.84. The van der Waals surface area contributed by atoms with Crippen LogP contribution in [0, 0.1) is 0 Å². The number of benzene rings is 1. The molecule has 0 saturated carbocycles. The van der Waals surface area contributed by atoms with E-state index in [4.69, 9.17) is 10.2 Å². The number of alkyl halides is 3. The summed E-state index contributed by atoms with van der Waals surface area (Å²) < 4.78 is 42.2. The molecule has 0 saturated heterocycles. The van der Waals surface area contributed by atoms with Gasteiger partial charge in [0.25, 0.3) is 5.78 Å². The first-order valence-corrected chi connectivity index (χ1v) is 8.45. The molecule has 0 spiro atoms. The summed E-state index contributed by atoms with van der Waals surface area (Å²) in [4.78, 5) is 30.8. The number of hydrogen-bond donors (Lipinski definition) is 2. The van der Waals surface area contributed by atoms with Gasteiger partial charge in [-0.3, -0.25) is 4.79 Å². The van der Waals surface area contributed by atoms with Crippen LogP contribution in [0.25, 0.3) is 11.5 Å². The summed E-state index contributed by atoms with van der Waals surface area (Å²) in [6.07, 6.45) is -3.84. The predicted octanol–water partition coefficient (Wildman–Crippen LogP) is 2.85. The monoisotopic (exact) mass is 425 g/mol. The Morgan fingerprint density at radius 2 is 1.83 bits per heavy atom. The number of rotatable bonds is 4. The summed E-state index contributed by atoms with van der Waals surface area (Å²) in [7, 11) is 0. The zero-order valence-corrected chi connectivity index (χ0v) is 15.0. The van der Waals surface area contributed by atoms with Gasteiger partial charge in [-0.25, -0.2) is 9.79 Å². The molecule has 0 radical (unpaired) electrons. The molecule has 9 nitrogen and oxygen atoms in total. The van der Waals surface area contributed by atoms with Gasteiger partial charge in [0.15, 0.2) is 0 Å². The molecule has 150 valence electrons. The molecule has 3 aromatic rings. The summed E-state index contributed by atoms with van der Waals surface area (Å²) in [6, 6.07) is 8.40. The number of carbonyl (C=O) groups is 2. The fourth-order valence-electron chi connectivity index (χ4n) is 2.00. The maximum Gasteiger partial charge on any atom is 0.455 e.